The lowest BCUT2D eigenvalue weighted by Crippen LogP contribution is -2.24. The van der Waals surface area contributed by atoms with Gasteiger partial charge in [0.05, 0.1) is 16.6 Å². The minimum Gasteiger partial charge on any atom is -0.465 e. The van der Waals surface area contributed by atoms with Crippen LogP contribution in [0.4, 0.5) is 10.7 Å². The number of anilines is 1. The number of nitrogens with one attached hydrogen (secondary N) is 3. The zero-order chi connectivity index (χ0) is 21.1. The number of rotatable bonds is 6. The van der Waals surface area contributed by atoms with Crippen LogP contribution in [0.1, 0.15) is 31.8 Å². The summed E-state index contributed by atoms with van der Waals surface area (Å²) in [6, 6.07) is 13.3. The number of carbonyl (C=O) groups excluding carboxylic acids is 2. The van der Waals surface area contributed by atoms with E-state index < -0.39 is 6.09 Å². The first-order valence-electron chi connectivity index (χ1n) is 8.94. The van der Waals surface area contributed by atoms with Crippen molar-refractivity contribution in [2.75, 3.05) is 5.32 Å². The number of benzene rings is 2. The highest BCUT2D eigenvalue weighted by atomic mass is 32.1. The first kappa shape index (κ1) is 19.3. The van der Waals surface area contributed by atoms with Crippen LogP contribution in [0.2, 0.25) is 0 Å². The molecule has 0 saturated heterocycles. The van der Waals surface area contributed by atoms with E-state index in [2.05, 4.69) is 20.6 Å². The van der Waals surface area contributed by atoms with Gasteiger partial charge in [-0.3, -0.25) is 14.9 Å². The van der Waals surface area contributed by atoms with Crippen molar-refractivity contribution < 1.29 is 19.5 Å². The number of fused-ring (bicyclic) bond motifs is 1. The maximum atomic E-state index is 13.1. The summed E-state index contributed by atoms with van der Waals surface area (Å²) in [4.78, 5) is 43.5. The second kappa shape index (κ2) is 8.18. The summed E-state index contributed by atoms with van der Waals surface area (Å²) in [6.45, 7) is 0.379. The van der Waals surface area contributed by atoms with Gasteiger partial charge in [-0.25, -0.2) is 9.78 Å². The lowest BCUT2D eigenvalue weighted by molar-refractivity contribution is 0.0939. The monoisotopic (exact) mass is 420 g/mol. The SMILES string of the molecule is O=C(O)Nc1nc2ccc(C(=O)c3ccccc3C(=O)NCc3ccsc3)cc2[nH]1. The molecule has 0 atom stereocenters. The predicted octanol–water partition coefficient (Wildman–Crippen LogP) is 3.88. The maximum Gasteiger partial charge on any atom is 0.411 e. The number of nitrogens with zero attached hydrogens (tertiary/aromatic N) is 1. The normalized spacial score (nSPS) is 10.7. The molecular weight excluding hydrogens is 404 g/mol. The van der Waals surface area contributed by atoms with Gasteiger partial charge in [-0.2, -0.15) is 11.3 Å². The Morgan fingerprint density at radius 2 is 1.87 bits per heavy atom. The largest absolute Gasteiger partial charge is 0.465 e. The third-order valence-corrected chi connectivity index (χ3v) is 5.15. The Morgan fingerprint density at radius 3 is 2.60 bits per heavy atom. The van der Waals surface area contributed by atoms with Crippen molar-refractivity contribution in [3.8, 4) is 0 Å². The number of imidazole rings is 1. The van der Waals surface area contributed by atoms with Crippen LogP contribution in [0, 0.1) is 0 Å². The predicted molar refractivity (Wildman–Crippen MR) is 113 cm³/mol. The molecule has 2 aromatic carbocycles. The molecule has 2 amide bonds. The summed E-state index contributed by atoms with van der Waals surface area (Å²) in [6.07, 6.45) is -1.24. The van der Waals surface area contributed by atoms with Crippen LogP contribution in [-0.4, -0.2) is 32.9 Å². The Kier molecular flexibility index (Phi) is 5.27. The summed E-state index contributed by atoms with van der Waals surface area (Å²) < 4.78 is 0. The molecule has 4 aromatic rings. The molecule has 9 heteroatoms. The van der Waals surface area contributed by atoms with E-state index in [1.165, 1.54) is 0 Å². The number of thiophene rings is 1. The zero-order valence-electron chi connectivity index (χ0n) is 15.5. The van der Waals surface area contributed by atoms with Gasteiger partial charge >= 0.3 is 6.09 Å². The van der Waals surface area contributed by atoms with E-state index in [4.69, 9.17) is 5.11 Å². The molecule has 2 aromatic heterocycles. The van der Waals surface area contributed by atoms with Crippen LogP contribution in [0.3, 0.4) is 0 Å². The van der Waals surface area contributed by atoms with Gasteiger partial charge in [0.1, 0.15) is 0 Å². The molecule has 8 nitrogen and oxygen atoms in total. The first-order chi connectivity index (χ1) is 14.5. The molecule has 4 rings (SSSR count). The maximum absolute atomic E-state index is 13.1. The molecule has 0 spiro atoms. The number of ketones is 1. The molecule has 150 valence electrons. The summed E-state index contributed by atoms with van der Waals surface area (Å²) >= 11 is 1.55. The minimum atomic E-state index is -1.24. The third kappa shape index (κ3) is 4.06. The fourth-order valence-electron chi connectivity index (χ4n) is 3.02. The van der Waals surface area contributed by atoms with Crippen molar-refractivity contribution in [3.63, 3.8) is 0 Å². The van der Waals surface area contributed by atoms with Gasteiger partial charge in [0.2, 0.25) is 5.95 Å². The number of hydrogen-bond donors (Lipinski definition) is 4. The highest BCUT2D eigenvalue weighted by molar-refractivity contribution is 7.07. The van der Waals surface area contributed by atoms with Gasteiger partial charge < -0.3 is 15.4 Å². The van der Waals surface area contributed by atoms with Crippen LogP contribution >= 0.6 is 11.3 Å². The van der Waals surface area contributed by atoms with Crippen molar-refractivity contribution in [3.05, 3.63) is 81.5 Å². The van der Waals surface area contributed by atoms with Crippen LogP contribution < -0.4 is 10.6 Å². The van der Waals surface area contributed by atoms with Crippen LogP contribution in [0.5, 0.6) is 0 Å². The van der Waals surface area contributed by atoms with Crippen molar-refractivity contribution in [2.45, 2.75) is 6.54 Å². The minimum absolute atomic E-state index is 0.0651. The van der Waals surface area contributed by atoms with E-state index in [0.29, 0.717) is 23.1 Å². The fraction of sp³-hybridized carbons (Fsp3) is 0.0476. The van der Waals surface area contributed by atoms with Gasteiger partial charge in [0.15, 0.2) is 5.78 Å². The fourth-order valence-corrected chi connectivity index (χ4v) is 3.69. The van der Waals surface area contributed by atoms with Crippen molar-refractivity contribution in [1.29, 1.82) is 0 Å². The number of H-pyrrole nitrogens is 1. The van der Waals surface area contributed by atoms with Gasteiger partial charge in [-0.15, -0.1) is 0 Å². The summed E-state index contributed by atoms with van der Waals surface area (Å²) in [5, 5.41) is 17.7. The highest BCUT2D eigenvalue weighted by Gasteiger charge is 2.19. The van der Waals surface area contributed by atoms with Crippen LogP contribution in [0.25, 0.3) is 11.0 Å². The molecule has 0 fully saturated rings. The Morgan fingerprint density at radius 1 is 1.07 bits per heavy atom. The average molecular weight is 420 g/mol. The summed E-state index contributed by atoms with van der Waals surface area (Å²) in [5.74, 6) is -0.587. The molecule has 30 heavy (non-hydrogen) atoms. The molecule has 0 aliphatic rings. The van der Waals surface area contributed by atoms with E-state index in [-0.39, 0.29) is 28.8 Å². The molecule has 4 N–H and O–H groups in total. The Labute approximate surface area is 174 Å². The molecule has 0 unspecified atom stereocenters. The molecule has 0 saturated carbocycles. The number of carboxylic acid groups (broad SMARTS) is 1. The lowest BCUT2D eigenvalue weighted by atomic mass is 9.97. The van der Waals surface area contributed by atoms with Crippen molar-refractivity contribution in [1.82, 2.24) is 15.3 Å². The third-order valence-electron chi connectivity index (χ3n) is 4.42. The van der Waals surface area contributed by atoms with Crippen molar-refractivity contribution >= 4 is 46.1 Å². The van der Waals surface area contributed by atoms with Crippen LogP contribution in [-0.2, 0) is 6.54 Å². The Hall–Kier alpha value is -3.98. The average Bonchev–Trinajstić information content (AvgIpc) is 3.39. The number of hydrogen-bond acceptors (Lipinski definition) is 5. The van der Waals surface area contributed by atoms with E-state index in [1.807, 2.05) is 16.8 Å². The molecule has 0 aliphatic carbocycles. The van der Waals surface area contributed by atoms with E-state index in [1.54, 1.807) is 53.8 Å². The number of aromatic amines is 1. The molecular formula is C21H16N4O4S. The molecule has 0 aliphatic heterocycles. The van der Waals surface area contributed by atoms with Crippen molar-refractivity contribution in [2.24, 2.45) is 0 Å². The first-order valence-corrected chi connectivity index (χ1v) is 9.88. The topological polar surface area (TPSA) is 124 Å². The van der Waals surface area contributed by atoms with Gasteiger partial charge in [0, 0.05) is 17.7 Å². The van der Waals surface area contributed by atoms with Crippen LogP contribution in [0.15, 0.2) is 59.3 Å². The van der Waals surface area contributed by atoms with Gasteiger partial charge in [0.25, 0.3) is 5.91 Å². The second-order valence-corrected chi connectivity index (χ2v) is 7.22. The number of carbonyl (C=O) groups is 3. The van der Waals surface area contributed by atoms with E-state index in [0.717, 1.165) is 5.56 Å². The molecule has 0 bridgehead atoms. The van der Waals surface area contributed by atoms with E-state index >= 15 is 0 Å². The zero-order valence-corrected chi connectivity index (χ0v) is 16.3. The standard InChI is InChI=1S/C21H16N4O4S/c26-18(13-5-6-16-17(9-13)24-20(23-16)25-21(28)29)14-3-1-2-4-15(14)19(27)22-10-12-7-8-30-11-12/h1-9,11H,10H2,(H,22,27)(H,28,29)(H2,23,24,25). The Bertz CT molecular complexity index is 1250. The Balaban J connectivity index is 1.60. The summed E-state index contributed by atoms with van der Waals surface area (Å²) in [7, 11) is 0. The smallest absolute Gasteiger partial charge is 0.411 e. The number of aromatic nitrogens is 2. The second-order valence-electron chi connectivity index (χ2n) is 6.44. The highest BCUT2D eigenvalue weighted by Crippen LogP contribution is 2.20. The molecule has 2 heterocycles. The van der Waals surface area contributed by atoms with Gasteiger partial charge in [-0.1, -0.05) is 18.2 Å². The molecule has 0 radical (unpaired) electrons. The van der Waals surface area contributed by atoms with E-state index in [9.17, 15) is 14.4 Å². The quantitative estimate of drug-likeness (QED) is 0.353. The summed E-state index contributed by atoms with van der Waals surface area (Å²) in [5.41, 5.74) is 2.93. The van der Waals surface area contributed by atoms with Gasteiger partial charge in [-0.05, 0) is 46.7 Å². The lowest BCUT2D eigenvalue weighted by Gasteiger charge is -2.09. The number of amides is 2.